The Labute approximate surface area is 140 Å². The summed E-state index contributed by atoms with van der Waals surface area (Å²) in [6.45, 7) is 5.22. The maximum Gasteiger partial charge on any atom is 0.323 e. The van der Waals surface area contributed by atoms with Gasteiger partial charge in [0.25, 0.3) is 0 Å². The van der Waals surface area contributed by atoms with E-state index in [1.165, 1.54) is 0 Å². The summed E-state index contributed by atoms with van der Waals surface area (Å²) in [4.78, 5) is 25.6. The van der Waals surface area contributed by atoms with Crippen LogP contribution in [0.25, 0.3) is 0 Å². The predicted molar refractivity (Wildman–Crippen MR) is 95.7 cm³/mol. The number of hydrogen-bond acceptors (Lipinski definition) is 2. The van der Waals surface area contributed by atoms with Gasteiger partial charge in [0.15, 0.2) is 0 Å². The molecular weight excluding hydrogens is 304 g/mol. The average Bonchev–Trinajstić information content (AvgIpc) is 2.96. The largest absolute Gasteiger partial charge is 0.336 e. The van der Waals surface area contributed by atoms with Crippen LogP contribution in [0.4, 0.5) is 26.7 Å². The first-order chi connectivity index (χ1) is 11.5. The molecule has 0 atom stereocenters. The molecule has 3 N–H and O–H groups in total. The van der Waals surface area contributed by atoms with Crippen molar-refractivity contribution in [2.45, 2.75) is 13.8 Å². The Morgan fingerprint density at radius 2 is 1.96 bits per heavy atom. The van der Waals surface area contributed by atoms with E-state index in [1.807, 2.05) is 44.2 Å². The van der Waals surface area contributed by atoms with Gasteiger partial charge in [0.2, 0.25) is 0 Å². The minimum absolute atomic E-state index is 0.119. The van der Waals surface area contributed by atoms with Crippen LogP contribution >= 0.6 is 0 Å². The van der Waals surface area contributed by atoms with E-state index in [0.717, 1.165) is 22.5 Å². The number of nitrogens with one attached hydrogen (secondary N) is 3. The molecule has 1 fully saturated rings. The number of benzene rings is 2. The third-order valence-electron chi connectivity index (χ3n) is 3.90. The molecule has 3 rings (SSSR count). The van der Waals surface area contributed by atoms with Crippen molar-refractivity contribution in [3.8, 4) is 0 Å². The summed E-state index contributed by atoms with van der Waals surface area (Å²) in [5.41, 5.74) is 4.32. The van der Waals surface area contributed by atoms with Crippen LogP contribution in [-0.2, 0) is 0 Å². The SMILES string of the molecule is Cc1ccc(NC(=O)Nc2cccc(N3CCNC3=O)c2)c(C)c1. The summed E-state index contributed by atoms with van der Waals surface area (Å²) in [5.74, 6) is 0. The highest BCUT2D eigenvalue weighted by Gasteiger charge is 2.21. The fourth-order valence-corrected chi connectivity index (χ4v) is 2.71. The average molecular weight is 324 g/mol. The lowest BCUT2D eigenvalue weighted by atomic mass is 10.1. The third-order valence-corrected chi connectivity index (χ3v) is 3.90. The Hall–Kier alpha value is -3.02. The Morgan fingerprint density at radius 1 is 1.12 bits per heavy atom. The van der Waals surface area contributed by atoms with Gasteiger partial charge in [-0.3, -0.25) is 4.90 Å². The zero-order valence-electron chi connectivity index (χ0n) is 13.7. The lowest BCUT2D eigenvalue weighted by molar-refractivity contribution is 0.252. The van der Waals surface area contributed by atoms with E-state index in [1.54, 1.807) is 17.0 Å². The lowest BCUT2D eigenvalue weighted by Crippen LogP contribution is -2.27. The van der Waals surface area contributed by atoms with E-state index >= 15 is 0 Å². The zero-order chi connectivity index (χ0) is 17.1. The minimum atomic E-state index is -0.315. The van der Waals surface area contributed by atoms with Crippen molar-refractivity contribution in [2.24, 2.45) is 0 Å². The van der Waals surface area contributed by atoms with Gasteiger partial charge < -0.3 is 16.0 Å². The normalized spacial score (nSPS) is 13.6. The van der Waals surface area contributed by atoms with Gasteiger partial charge in [-0.05, 0) is 43.7 Å². The monoisotopic (exact) mass is 324 g/mol. The Kier molecular flexibility index (Phi) is 4.37. The summed E-state index contributed by atoms with van der Waals surface area (Å²) in [6, 6.07) is 12.7. The molecule has 2 aromatic carbocycles. The fourth-order valence-electron chi connectivity index (χ4n) is 2.71. The maximum absolute atomic E-state index is 12.2. The predicted octanol–water partition coefficient (Wildman–Crippen LogP) is 3.48. The van der Waals surface area contributed by atoms with Gasteiger partial charge in [-0.1, -0.05) is 23.8 Å². The number of carbonyl (C=O) groups is 2. The third kappa shape index (κ3) is 3.48. The van der Waals surface area contributed by atoms with Crippen molar-refractivity contribution in [2.75, 3.05) is 28.6 Å². The van der Waals surface area contributed by atoms with Crippen LogP contribution in [-0.4, -0.2) is 25.2 Å². The summed E-state index contributed by atoms with van der Waals surface area (Å²) in [6.07, 6.45) is 0. The van der Waals surface area contributed by atoms with E-state index in [9.17, 15) is 9.59 Å². The number of nitrogens with zero attached hydrogens (tertiary/aromatic N) is 1. The number of hydrogen-bond donors (Lipinski definition) is 3. The van der Waals surface area contributed by atoms with Gasteiger partial charge in [0.05, 0.1) is 0 Å². The molecule has 4 amide bonds. The van der Waals surface area contributed by atoms with E-state index < -0.39 is 0 Å². The van der Waals surface area contributed by atoms with Crippen molar-refractivity contribution in [1.29, 1.82) is 0 Å². The number of amides is 4. The molecule has 1 saturated heterocycles. The van der Waals surface area contributed by atoms with Gasteiger partial charge in [-0.2, -0.15) is 0 Å². The number of aryl methyl sites for hydroxylation is 2. The maximum atomic E-state index is 12.2. The van der Waals surface area contributed by atoms with E-state index in [-0.39, 0.29) is 12.1 Å². The molecule has 0 spiro atoms. The van der Waals surface area contributed by atoms with Crippen LogP contribution in [0.15, 0.2) is 42.5 Å². The van der Waals surface area contributed by atoms with Gasteiger partial charge in [-0.25, -0.2) is 9.59 Å². The van der Waals surface area contributed by atoms with Crippen LogP contribution in [0.3, 0.4) is 0 Å². The van der Waals surface area contributed by atoms with Gasteiger partial charge in [0, 0.05) is 30.2 Å². The fraction of sp³-hybridized carbons (Fsp3) is 0.222. The number of carbonyl (C=O) groups excluding carboxylic acids is 2. The van der Waals surface area contributed by atoms with Crippen molar-refractivity contribution >= 4 is 29.1 Å². The van der Waals surface area contributed by atoms with E-state index in [0.29, 0.717) is 18.8 Å². The molecule has 24 heavy (non-hydrogen) atoms. The van der Waals surface area contributed by atoms with Gasteiger partial charge in [0.1, 0.15) is 0 Å². The molecule has 1 aliphatic heterocycles. The van der Waals surface area contributed by atoms with Crippen molar-refractivity contribution < 1.29 is 9.59 Å². The molecule has 0 radical (unpaired) electrons. The second kappa shape index (κ2) is 6.62. The number of rotatable bonds is 3. The first-order valence-corrected chi connectivity index (χ1v) is 7.83. The second-order valence-corrected chi connectivity index (χ2v) is 5.83. The Balaban J connectivity index is 1.69. The smallest absolute Gasteiger partial charge is 0.323 e. The molecule has 0 bridgehead atoms. The molecule has 0 aliphatic carbocycles. The highest BCUT2D eigenvalue weighted by Crippen LogP contribution is 2.21. The Morgan fingerprint density at radius 3 is 2.67 bits per heavy atom. The summed E-state index contributed by atoms with van der Waals surface area (Å²) < 4.78 is 0. The molecule has 6 heteroatoms. The number of urea groups is 2. The second-order valence-electron chi connectivity index (χ2n) is 5.83. The van der Waals surface area contributed by atoms with Gasteiger partial charge in [-0.15, -0.1) is 0 Å². The molecule has 1 aliphatic rings. The quantitative estimate of drug-likeness (QED) is 0.809. The van der Waals surface area contributed by atoms with E-state index in [2.05, 4.69) is 16.0 Å². The van der Waals surface area contributed by atoms with Gasteiger partial charge >= 0.3 is 12.1 Å². The molecule has 0 saturated carbocycles. The first kappa shape index (κ1) is 15.9. The highest BCUT2D eigenvalue weighted by molar-refractivity contribution is 6.01. The number of anilines is 3. The van der Waals surface area contributed by atoms with E-state index in [4.69, 9.17) is 0 Å². The van der Waals surface area contributed by atoms with Crippen LogP contribution in [0, 0.1) is 13.8 Å². The zero-order valence-corrected chi connectivity index (χ0v) is 13.7. The Bertz CT molecular complexity index is 788. The molecule has 124 valence electrons. The molecule has 0 unspecified atom stereocenters. The molecule has 1 heterocycles. The molecule has 0 aromatic heterocycles. The standard InChI is InChI=1S/C18H20N4O2/c1-12-6-7-16(13(2)10-12)21-17(23)20-14-4-3-5-15(11-14)22-9-8-19-18(22)24/h3-7,10-11H,8-9H2,1-2H3,(H,19,24)(H2,20,21,23). The molecule has 6 nitrogen and oxygen atoms in total. The minimum Gasteiger partial charge on any atom is -0.336 e. The first-order valence-electron chi connectivity index (χ1n) is 7.83. The molecular formula is C18H20N4O2. The van der Waals surface area contributed by atoms with Crippen LogP contribution < -0.4 is 20.9 Å². The van der Waals surface area contributed by atoms with Crippen LogP contribution in [0.2, 0.25) is 0 Å². The lowest BCUT2D eigenvalue weighted by Gasteiger charge is -2.16. The van der Waals surface area contributed by atoms with Crippen molar-refractivity contribution in [1.82, 2.24) is 5.32 Å². The summed E-state index contributed by atoms with van der Waals surface area (Å²) >= 11 is 0. The molecule has 2 aromatic rings. The van der Waals surface area contributed by atoms with Crippen LogP contribution in [0.1, 0.15) is 11.1 Å². The van der Waals surface area contributed by atoms with Crippen molar-refractivity contribution in [3.05, 3.63) is 53.6 Å². The summed E-state index contributed by atoms with van der Waals surface area (Å²) in [7, 11) is 0. The van der Waals surface area contributed by atoms with Crippen LogP contribution in [0.5, 0.6) is 0 Å². The topological polar surface area (TPSA) is 73.5 Å². The summed E-state index contributed by atoms with van der Waals surface area (Å²) in [5, 5.41) is 8.40. The highest BCUT2D eigenvalue weighted by atomic mass is 16.2. The van der Waals surface area contributed by atoms with Crippen molar-refractivity contribution in [3.63, 3.8) is 0 Å².